The highest BCUT2D eigenvalue weighted by molar-refractivity contribution is 5.89. The fraction of sp³-hybridized carbons (Fsp3) is 0.125. The number of non-ortho nitro benzene ring substituents is 1. The smallest absolute Gasteiger partial charge is 0.343 e. The van der Waals surface area contributed by atoms with Crippen molar-refractivity contribution in [3.8, 4) is 0 Å². The summed E-state index contributed by atoms with van der Waals surface area (Å²) in [5.41, 5.74) is 0.657. The minimum atomic E-state index is -4.36. The molecule has 0 fully saturated rings. The van der Waals surface area contributed by atoms with Gasteiger partial charge in [0.2, 0.25) is 0 Å². The second-order valence-corrected chi connectivity index (χ2v) is 5.11. The van der Waals surface area contributed by atoms with Gasteiger partial charge >= 0.3 is 6.18 Å². The molecule has 0 unspecified atom stereocenters. The number of hydrogen-bond acceptors (Lipinski definition) is 2. The number of alkyl halides is 3. The molecule has 0 aliphatic carbocycles. The van der Waals surface area contributed by atoms with E-state index in [4.69, 9.17) is 0 Å². The Morgan fingerprint density at radius 2 is 1.74 bits per heavy atom. The van der Waals surface area contributed by atoms with Crippen LogP contribution in [0.25, 0.3) is 10.9 Å². The molecule has 1 heterocycles. The average molecular weight is 320 g/mol. The van der Waals surface area contributed by atoms with Crippen LogP contribution in [-0.2, 0) is 12.7 Å². The number of aromatic nitrogens is 1. The summed E-state index contributed by atoms with van der Waals surface area (Å²) in [7, 11) is 0. The molecular formula is C16H11F3N2O2. The Bertz CT molecular complexity index is 867. The number of fused-ring (bicyclic) bond motifs is 1. The van der Waals surface area contributed by atoms with E-state index in [1.165, 1.54) is 18.2 Å². The number of nitrogens with zero attached hydrogens (tertiary/aromatic N) is 2. The van der Waals surface area contributed by atoms with Gasteiger partial charge in [-0.2, -0.15) is 13.2 Å². The number of nitro benzene ring substituents is 1. The summed E-state index contributed by atoms with van der Waals surface area (Å²) in [6.45, 7) is 0.336. The lowest BCUT2D eigenvalue weighted by Crippen LogP contribution is -2.05. The number of nitro groups is 1. The van der Waals surface area contributed by atoms with Gasteiger partial charge in [-0.25, -0.2) is 0 Å². The lowest BCUT2D eigenvalue weighted by Gasteiger charge is -2.09. The maximum atomic E-state index is 12.6. The predicted octanol–water partition coefficient (Wildman–Crippen LogP) is 4.62. The van der Waals surface area contributed by atoms with Crippen molar-refractivity contribution in [2.75, 3.05) is 0 Å². The molecule has 2 aromatic carbocycles. The van der Waals surface area contributed by atoms with E-state index in [0.717, 1.165) is 12.1 Å². The molecule has 0 bridgehead atoms. The van der Waals surface area contributed by atoms with Crippen LogP contribution in [0, 0.1) is 10.1 Å². The number of hydrogen-bond donors (Lipinski definition) is 0. The summed E-state index contributed by atoms with van der Waals surface area (Å²) in [4.78, 5) is 10.6. The van der Waals surface area contributed by atoms with Crippen molar-refractivity contribution in [1.29, 1.82) is 0 Å². The quantitative estimate of drug-likeness (QED) is 0.522. The number of halogens is 3. The Morgan fingerprint density at radius 3 is 2.35 bits per heavy atom. The lowest BCUT2D eigenvalue weighted by atomic mass is 10.1. The summed E-state index contributed by atoms with van der Waals surface area (Å²) >= 11 is 0. The van der Waals surface area contributed by atoms with E-state index in [2.05, 4.69) is 0 Å². The SMILES string of the molecule is O=[N+]([O-])c1cccc2c1ccn2Cc1ccc(C(F)(F)F)cc1. The van der Waals surface area contributed by atoms with E-state index < -0.39 is 16.7 Å². The summed E-state index contributed by atoms with van der Waals surface area (Å²) in [5, 5.41) is 11.5. The number of benzene rings is 2. The molecule has 0 radical (unpaired) electrons. The first-order valence-corrected chi connectivity index (χ1v) is 6.74. The highest BCUT2D eigenvalue weighted by Gasteiger charge is 2.29. The van der Waals surface area contributed by atoms with Crippen molar-refractivity contribution in [3.05, 3.63) is 76.0 Å². The first-order valence-electron chi connectivity index (χ1n) is 6.74. The summed E-state index contributed by atoms with van der Waals surface area (Å²) in [5.74, 6) is 0. The molecular weight excluding hydrogens is 309 g/mol. The monoisotopic (exact) mass is 320 g/mol. The zero-order valence-corrected chi connectivity index (χ0v) is 11.7. The summed E-state index contributed by atoms with van der Waals surface area (Å²) in [6, 6.07) is 11.3. The Balaban J connectivity index is 1.93. The van der Waals surface area contributed by atoms with Crippen LogP contribution in [0.5, 0.6) is 0 Å². The third-order valence-corrected chi connectivity index (χ3v) is 3.62. The molecule has 0 saturated heterocycles. The minimum Gasteiger partial charge on any atom is -0.343 e. The molecule has 0 aliphatic heterocycles. The normalized spacial score (nSPS) is 11.8. The lowest BCUT2D eigenvalue weighted by molar-refractivity contribution is -0.383. The molecule has 0 saturated carbocycles. The van der Waals surface area contributed by atoms with Gasteiger partial charge in [0, 0.05) is 18.8 Å². The molecule has 0 spiro atoms. The van der Waals surface area contributed by atoms with Gasteiger partial charge in [0.05, 0.1) is 21.4 Å². The van der Waals surface area contributed by atoms with Crippen molar-refractivity contribution in [2.45, 2.75) is 12.7 Å². The van der Waals surface area contributed by atoms with Crippen LogP contribution in [0.4, 0.5) is 18.9 Å². The standard InChI is InChI=1S/C16H11F3N2O2/c17-16(18,19)12-6-4-11(5-7-12)10-20-9-8-13-14(20)2-1-3-15(13)21(22)23/h1-9H,10H2. The Kier molecular flexibility index (Phi) is 3.55. The fourth-order valence-corrected chi connectivity index (χ4v) is 2.50. The summed E-state index contributed by atoms with van der Waals surface area (Å²) in [6.07, 6.45) is -2.67. The van der Waals surface area contributed by atoms with Crippen LogP contribution in [0.3, 0.4) is 0 Å². The van der Waals surface area contributed by atoms with E-state index >= 15 is 0 Å². The Morgan fingerprint density at radius 1 is 1.04 bits per heavy atom. The first-order chi connectivity index (χ1) is 10.9. The van der Waals surface area contributed by atoms with E-state index in [0.29, 0.717) is 23.0 Å². The molecule has 23 heavy (non-hydrogen) atoms. The molecule has 4 nitrogen and oxygen atoms in total. The third kappa shape index (κ3) is 2.90. The molecule has 0 amide bonds. The first kappa shape index (κ1) is 15.1. The maximum absolute atomic E-state index is 12.6. The average Bonchev–Trinajstić information content (AvgIpc) is 2.90. The molecule has 3 rings (SSSR count). The van der Waals surface area contributed by atoms with Crippen LogP contribution in [-0.4, -0.2) is 9.49 Å². The minimum absolute atomic E-state index is 0.00803. The number of rotatable bonds is 3. The van der Waals surface area contributed by atoms with E-state index in [1.807, 2.05) is 0 Å². The Hall–Kier alpha value is -2.83. The van der Waals surface area contributed by atoms with Gasteiger partial charge in [-0.1, -0.05) is 18.2 Å². The molecule has 0 N–H and O–H groups in total. The van der Waals surface area contributed by atoms with E-state index in [9.17, 15) is 23.3 Å². The zero-order valence-electron chi connectivity index (χ0n) is 11.7. The van der Waals surface area contributed by atoms with Crippen molar-refractivity contribution in [3.63, 3.8) is 0 Å². The molecule has 3 aromatic rings. The van der Waals surface area contributed by atoms with Crippen molar-refractivity contribution in [2.24, 2.45) is 0 Å². The molecule has 0 aliphatic rings. The highest BCUT2D eigenvalue weighted by atomic mass is 19.4. The van der Waals surface area contributed by atoms with Crippen LogP contribution in [0.15, 0.2) is 54.7 Å². The predicted molar refractivity (Wildman–Crippen MR) is 79.1 cm³/mol. The van der Waals surface area contributed by atoms with E-state index in [-0.39, 0.29) is 5.69 Å². The van der Waals surface area contributed by atoms with Crippen molar-refractivity contribution < 1.29 is 18.1 Å². The van der Waals surface area contributed by atoms with Gasteiger partial charge in [-0.15, -0.1) is 0 Å². The van der Waals surface area contributed by atoms with Gasteiger partial charge in [-0.05, 0) is 29.8 Å². The van der Waals surface area contributed by atoms with Crippen LogP contribution >= 0.6 is 0 Å². The van der Waals surface area contributed by atoms with E-state index in [1.54, 1.807) is 29.0 Å². The molecule has 0 atom stereocenters. The Labute approximate surface area is 128 Å². The van der Waals surface area contributed by atoms with Gasteiger partial charge in [-0.3, -0.25) is 10.1 Å². The second kappa shape index (κ2) is 5.42. The zero-order chi connectivity index (χ0) is 16.6. The fourth-order valence-electron chi connectivity index (χ4n) is 2.50. The summed E-state index contributed by atoms with van der Waals surface area (Å²) < 4.78 is 39.4. The molecule has 1 aromatic heterocycles. The van der Waals surface area contributed by atoms with Crippen LogP contribution in [0.1, 0.15) is 11.1 Å². The van der Waals surface area contributed by atoms with Gasteiger partial charge < -0.3 is 4.57 Å². The van der Waals surface area contributed by atoms with Crippen molar-refractivity contribution >= 4 is 16.6 Å². The molecule has 7 heteroatoms. The van der Waals surface area contributed by atoms with Gasteiger partial charge in [0.1, 0.15) is 0 Å². The highest BCUT2D eigenvalue weighted by Crippen LogP contribution is 2.30. The van der Waals surface area contributed by atoms with Gasteiger partial charge in [0.25, 0.3) is 5.69 Å². The largest absolute Gasteiger partial charge is 0.416 e. The van der Waals surface area contributed by atoms with Crippen molar-refractivity contribution in [1.82, 2.24) is 4.57 Å². The van der Waals surface area contributed by atoms with Crippen LogP contribution in [0.2, 0.25) is 0 Å². The third-order valence-electron chi connectivity index (χ3n) is 3.62. The maximum Gasteiger partial charge on any atom is 0.416 e. The topological polar surface area (TPSA) is 48.1 Å². The van der Waals surface area contributed by atoms with Crippen LogP contribution < -0.4 is 0 Å². The van der Waals surface area contributed by atoms with Gasteiger partial charge in [0.15, 0.2) is 0 Å². The second-order valence-electron chi connectivity index (χ2n) is 5.11. The molecule has 118 valence electrons.